The van der Waals surface area contributed by atoms with Crippen LogP contribution in [0, 0.1) is 0 Å². The van der Waals surface area contributed by atoms with Crippen molar-refractivity contribution < 1.29 is 24.8 Å². The van der Waals surface area contributed by atoms with Gasteiger partial charge in [0, 0.05) is 6.42 Å². The van der Waals surface area contributed by atoms with E-state index < -0.39 is 23.3 Å². The number of rotatable bonds is 14. The minimum absolute atomic E-state index is 0.381. The van der Waals surface area contributed by atoms with Crippen molar-refractivity contribution >= 4 is 5.97 Å². The first kappa shape index (κ1) is 22.4. The molecule has 0 fully saturated rings. The number of aliphatic hydroxyl groups excluding tert-OH is 1. The van der Waals surface area contributed by atoms with Crippen LogP contribution in [0.15, 0.2) is 0 Å². The highest BCUT2D eigenvalue weighted by Gasteiger charge is 2.42. The monoisotopic (exact) mass is 332 g/mol. The van der Waals surface area contributed by atoms with Crippen molar-refractivity contribution in [2.24, 2.45) is 0 Å². The van der Waals surface area contributed by atoms with Crippen LogP contribution in [-0.2, 0) is 14.6 Å². The van der Waals surface area contributed by atoms with E-state index in [-0.39, 0.29) is 0 Å². The minimum Gasteiger partial charge on any atom is -0.479 e. The van der Waals surface area contributed by atoms with Crippen LogP contribution >= 0.6 is 0 Å². The number of carbonyl (C=O) groups is 1. The van der Waals surface area contributed by atoms with Gasteiger partial charge < -0.3 is 10.2 Å². The quantitative estimate of drug-likeness (QED) is 0.279. The number of unbranched alkanes of at least 4 members (excludes halogenated alkanes) is 4. The number of aliphatic carboxylic acids is 1. The molecule has 2 unspecified atom stereocenters. The third-order valence-electron chi connectivity index (χ3n) is 3.97. The Morgan fingerprint density at radius 1 is 1.00 bits per heavy atom. The van der Waals surface area contributed by atoms with Crippen LogP contribution in [0.1, 0.15) is 92.4 Å². The van der Waals surface area contributed by atoms with E-state index in [2.05, 4.69) is 6.92 Å². The standard InChI is InChI=1S/C18H36O5/c1-6-8-10-11-13-18(16(20)21,12-9-7-2)23-22-17(4,5)14-15(3)19/h15,19H,6-14H2,1-5H3,(H,20,21). The second kappa shape index (κ2) is 11.0. The lowest BCUT2D eigenvalue weighted by Crippen LogP contribution is -2.44. The van der Waals surface area contributed by atoms with Gasteiger partial charge in [0.15, 0.2) is 5.60 Å². The summed E-state index contributed by atoms with van der Waals surface area (Å²) in [5, 5.41) is 19.2. The van der Waals surface area contributed by atoms with Crippen molar-refractivity contribution in [1.29, 1.82) is 0 Å². The summed E-state index contributed by atoms with van der Waals surface area (Å²) >= 11 is 0. The van der Waals surface area contributed by atoms with Crippen LogP contribution in [0.4, 0.5) is 0 Å². The van der Waals surface area contributed by atoms with E-state index in [1.54, 1.807) is 20.8 Å². The Balaban J connectivity index is 4.89. The normalized spacial score (nSPS) is 16.1. The Morgan fingerprint density at radius 2 is 1.57 bits per heavy atom. The van der Waals surface area contributed by atoms with E-state index in [0.29, 0.717) is 19.3 Å². The summed E-state index contributed by atoms with van der Waals surface area (Å²) in [7, 11) is 0. The zero-order valence-electron chi connectivity index (χ0n) is 15.6. The van der Waals surface area contributed by atoms with Gasteiger partial charge in [0.25, 0.3) is 0 Å². The van der Waals surface area contributed by atoms with Gasteiger partial charge in [-0.15, -0.1) is 0 Å². The van der Waals surface area contributed by atoms with Crippen molar-refractivity contribution in [3.05, 3.63) is 0 Å². The molecule has 0 bridgehead atoms. The number of aliphatic hydroxyl groups is 1. The van der Waals surface area contributed by atoms with E-state index in [4.69, 9.17) is 9.78 Å². The Bertz CT molecular complexity index is 327. The molecule has 5 heteroatoms. The van der Waals surface area contributed by atoms with E-state index in [1.165, 1.54) is 0 Å². The summed E-state index contributed by atoms with van der Waals surface area (Å²) in [6.45, 7) is 9.42. The fraction of sp³-hybridized carbons (Fsp3) is 0.944. The third kappa shape index (κ3) is 9.28. The van der Waals surface area contributed by atoms with Crippen LogP contribution in [0.5, 0.6) is 0 Å². The highest BCUT2D eigenvalue weighted by atomic mass is 17.2. The van der Waals surface area contributed by atoms with E-state index in [9.17, 15) is 15.0 Å². The molecule has 0 saturated carbocycles. The van der Waals surface area contributed by atoms with Crippen LogP contribution < -0.4 is 0 Å². The lowest BCUT2D eigenvalue weighted by molar-refractivity contribution is -0.405. The van der Waals surface area contributed by atoms with Crippen LogP contribution in [0.25, 0.3) is 0 Å². The molecule has 0 aliphatic rings. The van der Waals surface area contributed by atoms with Gasteiger partial charge in [-0.25, -0.2) is 14.6 Å². The summed E-state index contributed by atoms with van der Waals surface area (Å²) in [5.74, 6) is -0.963. The average molecular weight is 332 g/mol. The maximum Gasteiger partial charge on any atom is 0.339 e. The van der Waals surface area contributed by atoms with E-state index >= 15 is 0 Å². The predicted molar refractivity (Wildman–Crippen MR) is 91.2 cm³/mol. The summed E-state index contributed by atoms with van der Waals surface area (Å²) in [4.78, 5) is 22.9. The Hall–Kier alpha value is -0.650. The summed E-state index contributed by atoms with van der Waals surface area (Å²) in [6, 6.07) is 0. The number of hydrogen-bond acceptors (Lipinski definition) is 4. The predicted octanol–water partition coefficient (Wildman–Crippen LogP) is 4.47. The van der Waals surface area contributed by atoms with Gasteiger partial charge in [-0.3, -0.25) is 0 Å². The van der Waals surface area contributed by atoms with Crippen LogP contribution in [-0.4, -0.2) is 33.5 Å². The first-order chi connectivity index (χ1) is 10.7. The van der Waals surface area contributed by atoms with Crippen molar-refractivity contribution in [3.63, 3.8) is 0 Å². The number of carboxylic acids is 1. The van der Waals surface area contributed by atoms with Gasteiger partial charge in [-0.2, -0.15) is 0 Å². The van der Waals surface area contributed by atoms with Gasteiger partial charge in [0.2, 0.25) is 0 Å². The van der Waals surface area contributed by atoms with Crippen molar-refractivity contribution in [2.75, 3.05) is 0 Å². The molecule has 0 heterocycles. The molecule has 0 aromatic carbocycles. The SMILES string of the molecule is CCCCCCC(CCCC)(OOC(C)(C)CC(C)O)C(=O)O. The van der Waals surface area contributed by atoms with Crippen LogP contribution in [0.3, 0.4) is 0 Å². The maximum atomic E-state index is 11.9. The second-order valence-corrected chi connectivity index (χ2v) is 7.19. The lowest BCUT2D eigenvalue weighted by atomic mass is 9.90. The molecule has 0 spiro atoms. The third-order valence-corrected chi connectivity index (χ3v) is 3.97. The topological polar surface area (TPSA) is 76.0 Å². The Labute approximate surface area is 141 Å². The van der Waals surface area contributed by atoms with Gasteiger partial charge in [0.05, 0.1) is 6.10 Å². The molecule has 2 atom stereocenters. The molecule has 0 aromatic heterocycles. The van der Waals surface area contributed by atoms with Crippen molar-refractivity contribution in [2.45, 2.75) is 110 Å². The summed E-state index contributed by atoms with van der Waals surface area (Å²) in [5.41, 5.74) is -2.02. The molecule has 0 amide bonds. The molecule has 0 saturated heterocycles. The molecule has 0 aromatic rings. The number of carboxylic acid groups (broad SMARTS) is 1. The summed E-state index contributed by atoms with van der Waals surface area (Å²) < 4.78 is 0. The van der Waals surface area contributed by atoms with Crippen molar-refractivity contribution in [3.8, 4) is 0 Å². The molecule has 0 rings (SSSR count). The first-order valence-electron chi connectivity index (χ1n) is 8.97. The Kier molecular flexibility index (Phi) is 10.7. The Morgan fingerprint density at radius 3 is 2.04 bits per heavy atom. The zero-order valence-corrected chi connectivity index (χ0v) is 15.6. The highest BCUT2D eigenvalue weighted by molar-refractivity contribution is 5.77. The minimum atomic E-state index is -1.29. The average Bonchev–Trinajstić information content (AvgIpc) is 2.44. The molecule has 0 aliphatic carbocycles. The van der Waals surface area contributed by atoms with Gasteiger partial charge in [-0.05, 0) is 40.0 Å². The molecular weight excluding hydrogens is 296 g/mol. The van der Waals surface area contributed by atoms with E-state index in [1.807, 2.05) is 6.92 Å². The molecule has 0 aliphatic heterocycles. The van der Waals surface area contributed by atoms with Gasteiger partial charge in [0.1, 0.15) is 5.60 Å². The molecule has 5 nitrogen and oxygen atoms in total. The lowest BCUT2D eigenvalue weighted by Gasteiger charge is -2.33. The molecule has 23 heavy (non-hydrogen) atoms. The second-order valence-electron chi connectivity index (χ2n) is 7.19. The van der Waals surface area contributed by atoms with Gasteiger partial charge >= 0.3 is 5.97 Å². The highest BCUT2D eigenvalue weighted by Crippen LogP contribution is 2.30. The number of hydrogen-bond donors (Lipinski definition) is 2. The molecular formula is C18H36O5. The van der Waals surface area contributed by atoms with Crippen molar-refractivity contribution in [1.82, 2.24) is 0 Å². The van der Waals surface area contributed by atoms with Gasteiger partial charge in [-0.1, -0.05) is 46.0 Å². The largest absolute Gasteiger partial charge is 0.479 e. The smallest absolute Gasteiger partial charge is 0.339 e. The zero-order chi connectivity index (χ0) is 17.9. The fourth-order valence-corrected chi connectivity index (χ4v) is 2.70. The molecule has 0 radical (unpaired) electrons. The summed E-state index contributed by atoms with van der Waals surface area (Å²) in [6.07, 6.45) is 6.43. The van der Waals surface area contributed by atoms with E-state index in [0.717, 1.165) is 38.5 Å². The molecule has 2 N–H and O–H groups in total. The maximum absolute atomic E-state index is 11.9. The first-order valence-corrected chi connectivity index (χ1v) is 8.97. The van der Waals surface area contributed by atoms with Crippen LogP contribution in [0.2, 0.25) is 0 Å². The molecule has 138 valence electrons. The fourth-order valence-electron chi connectivity index (χ4n) is 2.70.